The molecule has 0 saturated carbocycles. The number of carbonyl (C=O) groups excluding carboxylic acids is 2. The Morgan fingerprint density at radius 1 is 1.06 bits per heavy atom. The molecule has 0 aliphatic carbocycles. The molecule has 0 heterocycles. The topological polar surface area (TPSA) is 83.5 Å². The standard InChI is InChI=1S/C12H21NO4/c1-8(14)6-12(4,5)13-9(15)7-11(2,3)10(16)17/h6-7H2,1-5H3,(H,13,15)(H,16,17). The fourth-order valence-corrected chi connectivity index (χ4v) is 1.57. The summed E-state index contributed by atoms with van der Waals surface area (Å²) < 4.78 is 0. The van der Waals surface area contributed by atoms with E-state index in [1.807, 2.05) is 0 Å². The maximum absolute atomic E-state index is 11.7. The molecule has 0 spiro atoms. The first-order valence-electron chi connectivity index (χ1n) is 5.50. The number of Topliss-reactive ketones (excluding diaryl/α,β-unsaturated/α-hetero) is 1. The zero-order chi connectivity index (χ0) is 13.9. The highest BCUT2D eigenvalue weighted by atomic mass is 16.4. The summed E-state index contributed by atoms with van der Waals surface area (Å²) in [6, 6.07) is 0. The maximum Gasteiger partial charge on any atom is 0.309 e. The van der Waals surface area contributed by atoms with Gasteiger partial charge in [0.2, 0.25) is 5.91 Å². The highest BCUT2D eigenvalue weighted by molar-refractivity contribution is 5.85. The number of rotatable bonds is 6. The van der Waals surface area contributed by atoms with E-state index in [0.29, 0.717) is 0 Å². The van der Waals surface area contributed by atoms with E-state index in [9.17, 15) is 14.4 Å². The third-order valence-corrected chi connectivity index (χ3v) is 2.35. The lowest BCUT2D eigenvalue weighted by molar-refractivity contribution is -0.149. The Morgan fingerprint density at radius 2 is 1.53 bits per heavy atom. The van der Waals surface area contributed by atoms with E-state index in [-0.39, 0.29) is 24.5 Å². The van der Waals surface area contributed by atoms with Gasteiger partial charge in [0, 0.05) is 18.4 Å². The molecule has 0 rings (SSSR count). The smallest absolute Gasteiger partial charge is 0.309 e. The summed E-state index contributed by atoms with van der Waals surface area (Å²) in [6.07, 6.45) is 0.121. The van der Waals surface area contributed by atoms with Gasteiger partial charge < -0.3 is 10.4 Å². The number of carbonyl (C=O) groups is 3. The molecule has 0 aliphatic rings. The van der Waals surface area contributed by atoms with E-state index in [1.165, 1.54) is 20.8 Å². The monoisotopic (exact) mass is 243 g/mol. The molecule has 5 heteroatoms. The molecule has 2 N–H and O–H groups in total. The van der Waals surface area contributed by atoms with Gasteiger partial charge in [0.1, 0.15) is 5.78 Å². The van der Waals surface area contributed by atoms with Gasteiger partial charge in [0.25, 0.3) is 0 Å². The molecule has 17 heavy (non-hydrogen) atoms. The molecule has 0 radical (unpaired) electrons. The lowest BCUT2D eigenvalue weighted by atomic mass is 9.88. The van der Waals surface area contributed by atoms with Crippen molar-refractivity contribution in [3.63, 3.8) is 0 Å². The van der Waals surface area contributed by atoms with Crippen molar-refractivity contribution in [3.05, 3.63) is 0 Å². The van der Waals surface area contributed by atoms with Crippen molar-refractivity contribution < 1.29 is 19.5 Å². The number of carboxylic acids is 1. The minimum absolute atomic E-state index is 0.0206. The van der Waals surface area contributed by atoms with Gasteiger partial charge in [-0.25, -0.2) is 0 Å². The van der Waals surface area contributed by atoms with Crippen LogP contribution < -0.4 is 5.32 Å². The normalized spacial score (nSPS) is 12.1. The van der Waals surface area contributed by atoms with E-state index in [1.54, 1.807) is 13.8 Å². The number of hydrogen-bond acceptors (Lipinski definition) is 3. The SMILES string of the molecule is CC(=O)CC(C)(C)NC(=O)CC(C)(C)C(=O)O. The Labute approximate surface area is 102 Å². The molecule has 5 nitrogen and oxygen atoms in total. The van der Waals surface area contributed by atoms with E-state index >= 15 is 0 Å². The third kappa shape index (κ3) is 6.04. The van der Waals surface area contributed by atoms with Gasteiger partial charge in [-0.15, -0.1) is 0 Å². The first-order valence-corrected chi connectivity index (χ1v) is 5.50. The molecule has 0 saturated heterocycles. The van der Waals surface area contributed by atoms with Crippen LogP contribution in [0.4, 0.5) is 0 Å². The fourth-order valence-electron chi connectivity index (χ4n) is 1.57. The number of hydrogen-bond donors (Lipinski definition) is 2. The quantitative estimate of drug-likeness (QED) is 0.737. The van der Waals surface area contributed by atoms with E-state index in [4.69, 9.17) is 5.11 Å². The van der Waals surface area contributed by atoms with Crippen LogP contribution in [-0.4, -0.2) is 28.3 Å². The van der Waals surface area contributed by atoms with Crippen molar-refractivity contribution in [3.8, 4) is 0 Å². The van der Waals surface area contributed by atoms with E-state index < -0.39 is 16.9 Å². The van der Waals surface area contributed by atoms with Gasteiger partial charge in [-0.1, -0.05) is 0 Å². The van der Waals surface area contributed by atoms with E-state index in [2.05, 4.69) is 5.32 Å². The molecular weight excluding hydrogens is 222 g/mol. The lowest BCUT2D eigenvalue weighted by Gasteiger charge is -2.27. The van der Waals surface area contributed by atoms with Crippen molar-refractivity contribution in [1.82, 2.24) is 5.32 Å². The van der Waals surface area contributed by atoms with Crippen LogP contribution in [0.3, 0.4) is 0 Å². The number of ketones is 1. The van der Waals surface area contributed by atoms with Crippen molar-refractivity contribution in [2.75, 3.05) is 0 Å². The molecule has 0 bridgehead atoms. The van der Waals surface area contributed by atoms with Crippen molar-refractivity contribution >= 4 is 17.7 Å². The Morgan fingerprint density at radius 3 is 1.88 bits per heavy atom. The summed E-state index contributed by atoms with van der Waals surface area (Å²) in [7, 11) is 0. The molecular formula is C12H21NO4. The second-order valence-electron chi connectivity index (χ2n) is 5.68. The second kappa shape index (κ2) is 5.29. The molecule has 1 amide bonds. The summed E-state index contributed by atoms with van der Waals surface area (Å²) in [4.78, 5) is 33.5. The lowest BCUT2D eigenvalue weighted by Crippen LogP contribution is -2.46. The van der Waals surface area contributed by atoms with Gasteiger partial charge in [0.05, 0.1) is 5.41 Å². The molecule has 0 aromatic heterocycles. The number of amides is 1. The van der Waals surface area contributed by atoms with Gasteiger partial charge in [-0.05, 0) is 34.6 Å². The summed E-state index contributed by atoms with van der Waals surface area (Å²) >= 11 is 0. The van der Waals surface area contributed by atoms with Gasteiger partial charge in [-0.2, -0.15) is 0 Å². The molecule has 0 unspecified atom stereocenters. The number of aliphatic carboxylic acids is 1. The molecule has 0 aliphatic heterocycles. The van der Waals surface area contributed by atoms with Crippen LogP contribution in [-0.2, 0) is 14.4 Å². The van der Waals surface area contributed by atoms with Crippen molar-refractivity contribution in [1.29, 1.82) is 0 Å². The van der Waals surface area contributed by atoms with Gasteiger partial charge in [0.15, 0.2) is 0 Å². The first kappa shape index (κ1) is 15.6. The molecule has 0 fully saturated rings. The maximum atomic E-state index is 11.7. The van der Waals surface area contributed by atoms with Gasteiger partial charge in [-0.3, -0.25) is 14.4 Å². The Bertz CT molecular complexity index is 331. The fraction of sp³-hybridized carbons (Fsp3) is 0.750. The molecule has 0 atom stereocenters. The van der Waals surface area contributed by atoms with Crippen LogP contribution in [0.1, 0.15) is 47.5 Å². The van der Waals surface area contributed by atoms with E-state index in [0.717, 1.165) is 0 Å². The molecule has 0 aromatic carbocycles. The Hall–Kier alpha value is -1.39. The highest BCUT2D eigenvalue weighted by Crippen LogP contribution is 2.21. The van der Waals surface area contributed by atoms with Crippen LogP contribution >= 0.6 is 0 Å². The third-order valence-electron chi connectivity index (χ3n) is 2.35. The van der Waals surface area contributed by atoms with Crippen molar-refractivity contribution in [2.24, 2.45) is 5.41 Å². The highest BCUT2D eigenvalue weighted by Gasteiger charge is 2.32. The summed E-state index contributed by atoms with van der Waals surface area (Å²) in [5.74, 6) is -1.39. The first-order chi connectivity index (χ1) is 7.46. The van der Waals surface area contributed by atoms with Crippen LogP contribution in [0, 0.1) is 5.41 Å². The zero-order valence-corrected chi connectivity index (χ0v) is 11.1. The largest absolute Gasteiger partial charge is 0.481 e. The van der Waals surface area contributed by atoms with Crippen LogP contribution in [0.5, 0.6) is 0 Å². The predicted molar refractivity (Wildman–Crippen MR) is 63.6 cm³/mol. The molecule has 98 valence electrons. The van der Waals surface area contributed by atoms with Crippen molar-refractivity contribution in [2.45, 2.75) is 53.0 Å². The van der Waals surface area contributed by atoms with Crippen LogP contribution in [0.2, 0.25) is 0 Å². The molecule has 0 aromatic rings. The minimum atomic E-state index is -1.10. The van der Waals surface area contributed by atoms with Gasteiger partial charge >= 0.3 is 5.97 Å². The van der Waals surface area contributed by atoms with Crippen LogP contribution in [0.15, 0.2) is 0 Å². The zero-order valence-electron chi connectivity index (χ0n) is 11.1. The average Bonchev–Trinajstić information content (AvgIpc) is 1.96. The average molecular weight is 243 g/mol. The summed E-state index contributed by atoms with van der Waals surface area (Å²) in [6.45, 7) is 7.91. The minimum Gasteiger partial charge on any atom is -0.481 e. The Balaban J connectivity index is 4.46. The predicted octanol–water partition coefficient (Wildman–Crippen LogP) is 1.36. The number of nitrogens with one attached hydrogen (secondary N) is 1. The number of carboxylic acid groups (broad SMARTS) is 1. The summed E-state index contributed by atoms with van der Waals surface area (Å²) in [5.41, 5.74) is -1.74. The summed E-state index contributed by atoms with van der Waals surface area (Å²) in [5, 5.41) is 11.6. The second-order valence-corrected chi connectivity index (χ2v) is 5.68. The van der Waals surface area contributed by atoms with Crippen LogP contribution in [0.25, 0.3) is 0 Å². The Kier molecular flexibility index (Phi) is 4.86.